The van der Waals surface area contributed by atoms with E-state index in [-0.39, 0.29) is 0 Å². The van der Waals surface area contributed by atoms with Crippen molar-refractivity contribution in [2.75, 3.05) is 0 Å². The molecule has 0 saturated heterocycles. The lowest BCUT2D eigenvalue weighted by Crippen LogP contribution is -1.88. The molecule has 0 atom stereocenters. The lowest BCUT2D eigenvalue weighted by molar-refractivity contribution is 1.16. The number of aliphatic imine (C=N–C) groups is 1. The average Bonchev–Trinajstić information content (AvgIpc) is 1.90. The standard InChI is InChI=1S/C7H11IN2/c1-3-7(4-9)5-10-6(2)8/h4-5H,2-3,9H2,1H3/b7-4-,10-5-. The largest absolute Gasteiger partial charge is 0.404 e. The van der Waals surface area contributed by atoms with Gasteiger partial charge in [0.15, 0.2) is 0 Å². The minimum atomic E-state index is 0.769. The maximum atomic E-state index is 5.28. The van der Waals surface area contributed by atoms with E-state index in [0.29, 0.717) is 0 Å². The van der Waals surface area contributed by atoms with Gasteiger partial charge in [-0.3, -0.25) is 4.99 Å². The summed E-state index contributed by atoms with van der Waals surface area (Å²) in [5, 5.41) is 0. The molecule has 0 bridgehead atoms. The van der Waals surface area contributed by atoms with Crippen molar-refractivity contribution in [2.45, 2.75) is 13.3 Å². The summed E-state index contributed by atoms with van der Waals surface area (Å²) in [5.74, 6) is 0. The van der Waals surface area contributed by atoms with Gasteiger partial charge in [0, 0.05) is 6.21 Å². The minimum absolute atomic E-state index is 0.769. The molecule has 10 heavy (non-hydrogen) atoms. The van der Waals surface area contributed by atoms with E-state index in [4.69, 9.17) is 5.73 Å². The van der Waals surface area contributed by atoms with E-state index >= 15 is 0 Å². The average molecular weight is 250 g/mol. The molecule has 0 aromatic carbocycles. The zero-order valence-corrected chi connectivity index (χ0v) is 8.13. The molecule has 3 heteroatoms. The Morgan fingerprint density at radius 1 is 1.80 bits per heavy atom. The van der Waals surface area contributed by atoms with Crippen molar-refractivity contribution >= 4 is 28.8 Å². The number of allylic oxidation sites excluding steroid dienone is 1. The molecule has 0 rings (SSSR count). The molecule has 0 saturated carbocycles. The number of hydrogen-bond acceptors (Lipinski definition) is 2. The number of nitrogens with two attached hydrogens (primary N) is 1. The first-order valence-corrected chi connectivity index (χ1v) is 4.07. The molecular formula is C7H11IN2. The van der Waals surface area contributed by atoms with Crippen LogP contribution in [0.2, 0.25) is 0 Å². The van der Waals surface area contributed by atoms with Crippen LogP contribution in [0.25, 0.3) is 0 Å². The third-order valence-electron chi connectivity index (χ3n) is 0.993. The third kappa shape index (κ3) is 4.55. The molecule has 2 nitrogen and oxygen atoms in total. The number of halogens is 1. The van der Waals surface area contributed by atoms with Gasteiger partial charge in [-0.25, -0.2) is 0 Å². The first-order valence-electron chi connectivity index (χ1n) is 3.00. The minimum Gasteiger partial charge on any atom is -0.404 e. The van der Waals surface area contributed by atoms with Crippen molar-refractivity contribution < 1.29 is 0 Å². The topological polar surface area (TPSA) is 38.4 Å². The summed E-state index contributed by atoms with van der Waals surface area (Å²) in [4.78, 5) is 3.99. The van der Waals surface area contributed by atoms with Crippen LogP contribution in [0, 0.1) is 0 Å². The highest BCUT2D eigenvalue weighted by Gasteiger charge is 1.85. The second kappa shape index (κ2) is 5.46. The van der Waals surface area contributed by atoms with Crippen LogP contribution >= 0.6 is 22.6 Å². The summed E-state index contributed by atoms with van der Waals surface area (Å²) in [6, 6.07) is 0. The third-order valence-corrected chi connectivity index (χ3v) is 1.27. The van der Waals surface area contributed by atoms with Crippen molar-refractivity contribution in [3.63, 3.8) is 0 Å². The Kier molecular flexibility index (Phi) is 5.29. The second-order valence-corrected chi connectivity index (χ2v) is 2.97. The van der Waals surface area contributed by atoms with E-state index in [2.05, 4.69) is 11.6 Å². The molecule has 0 amide bonds. The summed E-state index contributed by atoms with van der Waals surface area (Å²) >= 11 is 2.05. The highest BCUT2D eigenvalue weighted by atomic mass is 127. The van der Waals surface area contributed by atoms with Gasteiger partial charge in [0.2, 0.25) is 0 Å². The Hall–Kier alpha value is -0.320. The van der Waals surface area contributed by atoms with E-state index in [1.165, 1.54) is 0 Å². The van der Waals surface area contributed by atoms with Gasteiger partial charge in [0.25, 0.3) is 0 Å². The summed E-state index contributed by atoms with van der Waals surface area (Å²) in [6.45, 7) is 5.64. The van der Waals surface area contributed by atoms with E-state index < -0.39 is 0 Å². The molecule has 0 heterocycles. The smallest absolute Gasteiger partial charge is 0.0937 e. The summed E-state index contributed by atoms with van der Waals surface area (Å²) in [6.07, 6.45) is 4.20. The van der Waals surface area contributed by atoms with Gasteiger partial charge in [0.05, 0.1) is 3.70 Å². The molecule has 0 unspecified atom stereocenters. The van der Waals surface area contributed by atoms with Crippen LogP contribution in [-0.4, -0.2) is 6.21 Å². The van der Waals surface area contributed by atoms with Crippen molar-refractivity contribution in [3.05, 3.63) is 22.1 Å². The lowest BCUT2D eigenvalue weighted by Gasteiger charge is -1.91. The normalized spacial score (nSPS) is 12.4. The zero-order valence-electron chi connectivity index (χ0n) is 5.97. The van der Waals surface area contributed by atoms with Crippen LogP contribution in [0.4, 0.5) is 0 Å². The predicted octanol–water partition coefficient (Wildman–Crippen LogP) is 2.22. The molecule has 0 aromatic rings. The predicted molar refractivity (Wildman–Crippen MR) is 54.2 cm³/mol. The van der Waals surface area contributed by atoms with Crippen LogP contribution in [0.15, 0.2) is 27.0 Å². The molecule has 2 N–H and O–H groups in total. The Morgan fingerprint density at radius 3 is 2.70 bits per heavy atom. The fraction of sp³-hybridized carbons (Fsp3) is 0.286. The van der Waals surface area contributed by atoms with Gasteiger partial charge >= 0.3 is 0 Å². The summed E-state index contributed by atoms with van der Waals surface area (Å²) < 4.78 is 0.769. The molecular weight excluding hydrogens is 239 g/mol. The van der Waals surface area contributed by atoms with E-state index in [0.717, 1.165) is 15.7 Å². The fourth-order valence-electron chi connectivity index (χ4n) is 0.405. The SMILES string of the molecule is C=C(I)/N=C\C(=C/N)CC. The first kappa shape index (κ1) is 9.68. The van der Waals surface area contributed by atoms with Crippen LogP contribution in [0.5, 0.6) is 0 Å². The first-order chi connectivity index (χ1) is 4.70. The van der Waals surface area contributed by atoms with Gasteiger partial charge in [-0.1, -0.05) is 13.5 Å². The monoisotopic (exact) mass is 250 g/mol. The van der Waals surface area contributed by atoms with Gasteiger partial charge < -0.3 is 5.73 Å². The second-order valence-electron chi connectivity index (χ2n) is 1.73. The molecule has 0 aliphatic rings. The van der Waals surface area contributed by atoms with Gasteiger partial charge in [-0.05, 0) is 40.8 Å². The van der Waals surface area contributed by atoms with Crippen LogP contribution < -0.4 is 5.73 Å². The number of nitrogens with zero attached hydrogens (tertiary/aromatic N) is 1. The fourth-order valence-corrected chi connectivity index (χ4v) is 0.544. The maximum absolute atomic E-state index is 5.28. The molecule has 0 spiro atoms. The Labute approximate surface area is 75.0 Å². The van der Waals surface area contributed by atoms with E-state index in [9.17, 15) is 0 Å². The Morgan fingerprint density at radius 2 is 2.40 bits per heavy atom. The highest BCUT2D eigenvalue weighted by Crippen LogP contribution is 2.03. The number of hydrogen-bond donors (Lipinski definition) is 1. The molecule has 0 aromatic heterocycles. The van der Waals surface area contributed by atoms with E-state index in [1.54, 1.807) is 12.4 Å². The van der Waals surface area contributed by atoms with Gasteiger partial charge in [-0.15, -0.1) is 0 Å². The van der Waals surface area contributed by atoms with E-state index in [1.807, 2.05) is 29.5 Å². The van der Waals surface area contributed by atoms with Crippen LogP contribution in [0.1, 0.15) is 13.3 Å². The van der Waals surface area contributed by atoms with Crippen molar-refractivity contribution in [3.8, 4) is 0 Å². The highest BCUT2D eigenvalue weighted by molar-refractivity contribution is 14.1. The Bertz CT molecular complexity index is 170. The molecule has 0 aliphatic heterocycles. The zero-order chi connectivity index (χ0) is 7.98. The van der Waals surface area contributed by atoms with Crippen LogP contribution in [0.3, 0.4) is 0 Å². The van der Waals surface area contributed by atoms with Gasteiger partial charge in [0.1, 0.15) is 0 Å². The van der Waals surface area contributed by atoms with Crippen molar-refractivity contribution in [1.82, 2.24) is 0 Å². The Balaban J connectivity index is 3.98. The lowest BCUT2D eigenvalue weighted by atomic mass is 10.2. The molecule has 0 fully saturated rings. The van der Waals surface area contributed by atoms with Gasteiger partial charge in [-0.2, -0.15) is 0 Å². The van der Waals surface area contributed by atoms with Crippen molar-refractivity contribution in [2.24, 2.45) is 10.7 Å². The maximum Gasteiger partial charge on any atom is 0.0937 e. The summed E-state index contributed by atoms with van der Waals surface area (Å²) in [7, 11) is 0. The quantitative estimate of drug-likeness (QED) is 0.465. The summed E-state index contributed by atoms with van der Waals surface area (Å²) in [5.41, 5.74) is 6.31. The molecule has 0 aliphatic carbocycles. The van der Waals surface area contributed by atoms with Crippen molar-refractivity contribution in [1.29, 1.82) is 0 Å². The molecule has 56 valence electrons. The number of rotatable bonds is 3. The van der Waals surface area contributed by atoms with Crippen LogP contribution in [-0.2, 0) is 0 Å². The molecule has 0 radical (unpaired) electrons.